The zero-order valence-electron chi connectivity index (χ0n) is 23.9. The van der Waals surface area contributed by atoms with Gasteiger partial charge in [0.05, 0.1) is 27.8 Å². The van der Waals surface area contributed by atoms with Gasteiger partial charge in [-0.05, 0) is 75.8 Å². The Morgan fingerprint density at radius 1 is 1.00 bits per heavy atom. The van der Waals surface area contributed by atoms with Crippen LogP contribution in [0.25, 0.3) is 0 Å². The number of fused-ring (bicyclic) bond motifs is 1. The van der Waals surface area contributed by atoms with Crippen LogP contribution in [-0.2, 0) is 26.3 Å². The van der Waals surface area contributed by atoms with Gasteiger partial charge < -0.3 is 15.4 Å². The van der Waals surface area contributed by atoms with Gasteiger partial charge in [-0.25, -0.2) is 31.1 Å². The third-order valence-electron chi connectivity index (χ3n) is 7.65. The summed E-state index contributed by atoms with van der Waals surface area (Å²) in [5, 5.41) is 5.74. The molecule has 220 valence electrons. The van der Waals surface area contributed by atoms with Gasteiger partial charge in [0.1, 0.15) is 18.2 Å². The largest absolute Gasteiger partial charge is 0.488 e. The first-order valence-corrected chi connectivity index (χ1v) is 17.1. The molecular weight excluding hydrogens is 564 g/mol. The Hall–Kier alpha value is -3.29. The van der Waals surface area contributed by atoms with Gasteiger partial charge in [-0.2, -0.15) is 4.98 Å². The molecule has 41 heavy (non-hydrogen) atoms. The molecule has 2 N–H and O–H groups in total. The van der Waals surface area contributed by atoms with Crippen LogP contribution in [-0.4, -0.2) is 66.8 Å². The lowest BCUT2D eigenvalue weighted by molar-refractivity contribution is 0.256. The third kappa shape index (κ3) is 6.02. The predicted octanol–water partition coefficient (Wildman–Crippen LogP) is 4.31. The van der Waals surface area contributed by atoms with E-state index in [1.54, 1.807) is 42.4 Å². The molecule has 1 saturated heterocycles. The number of sulfonamides is 1. The Bertz CT molecular complexity index is 1670. The number of rotatable bonds is 8. The van der Waals surface area contributed by atoms with Crippen molar-refractivity contribution in [1.29, 1.82) is 0 Å². The van der Waals surface area contributed by atoms with E-state index in [4.69, 9.17) is 4.74 Å². The summed E-state index contributed by atoms with van der Waals surface area (Å²) in [6.45, 7) is 8.41. The predicted molar refractivity (Wildman–Crippen MR) is 159 cm³/mol. The standard InChI is InChI=1S/C28H36N6O5S2/c1-17(2)41(37,38)24-9-7-6-8-22(24)31-27-29-16-30-28(33-27)32-23-14-18(3)25(21-15-19(4)39-26(21)23)20-10-12-34(13-11-20)40(5,35)36/h6-9,14,16-17,19-20H,10-13,15H2,1-5H3,(H2,29,30,31,32,33)/t19-/m1/s1. The van der Waals surface area contributed by atoms with Crippen LogP contribution in [0.4, 0.5) is 23.3 Å². The average molecular weight is 601 g/mol. The number of piperidine rings is 1. The minimum absolute atomic E-state index is 0.00259. The second-order valence-electron chi connectivity index (χ2n) is 11.0. The first-order chi connectivity index (χ1) is 19.3. The van der Waals surface area contributed by atoms with Gasteiger partial charge in [-0.1, -0.05) is 12.1 Å². The lowest BCUT2D eigenvalue weighted by atomic mass is 9.83. The van der Waals surface area contributed by atoms with Crippen molar-refractivity contribution >= 4 is 43.1 Å². The molecule has 1 fully saturated rings. The number of nitrogens with zero attached hydrogens (tertiary/aromatic N) is 4. The lowest BCUT2D eigenvalue weighted by Crippen LogP contribution is -2.37. The highest BCUT2D eigenvalue weighted by atomic mass is 32.2. The smallest absolute Gasteiger partial charge is 0.232 e. The molecule has 3 heterocycles. The van der Waals surface area contributed by atoms with Gasteiger partial charge in [0.2, 0.25) is 21.9 Å². The average Bonchev–Trinajstić information content (AvgIpc) is 3.30. The van der Waals surface area contributed by atoms with Crippen LogP contribution < -0.4 is 15.4 Å². The maximum Gasteiger partial charge on any atom is 0.232 e. The highest BCUT2D eigenvalue weighted by Crippen LogP contribution is 2.45. The summed E-state index contributed by atoms with van der Waals surface area (Å²) in [6.07, 6.45) is 4.91. The topological polar surface area (TPSA) is 143 Å². The molecule has 0 spiro atoms. The number of aryl methyl sites for hydroxylation is 1. The quantitative estimate of drug-likeness (QED) is 0.384. The summed E-state index contributed by atoms with van der Waals surface area (Å²) in [5.74, 6) is 1.49. The van der Waals surface area contributed by atoms with Crippen molar-refractivity contribution in [2.24, 2.45) is 0 Å². The van der Waals surface area contributed by atoms with E-state index >= 15 is 0 Å². The Kier molecular flexibility index (Phi) is 7.96. The van der Waals surface area contributed by atoms with E-state index < -0.39 is 25.1 Å². The summed E-state index contributed by atoms with van der Waals surface area (Å²) >= 11 is 0. The van der Waals surface area contributed by atoms with Crippen LogP contribution >= 0.6 is 0 Å². The van der Waals surface area contributed by atoms with Gasteiger partial charge in [-0.15, -0.1) is 0 Å². The molecule has 0 radical (unpaired) electrons. The molecular formula is C28H36N6O5S2. The minimum Gasteiger partial charge on any atom is -0.488 e. The van der Waals surface area contributed by atoms with E-state index in [-0.39, 0.29) is 28.8 Å². The molecule has 0 unspecified atom stereocenters. The molecule has 2 aliphatic rings. The van der Waals surface area contributed by atoms with Crippen LogP contribution in [0.3, 0.4) is 0 Å². The Balaban J connectivity index is 1.41. The zero-order chi connectivity index (χ0) is 29.5. The van der Waals surface area contributed by atoms with Gasteiger partial charge in [-0.3, -0.25) is 0 Å². The zero-order valence-corrected chi connectivity index (χ0v) is 25.5. The molecule has 0 aliphatic carbocycles. The van der Waals surface area contributed by atoms with E-state index in [9.17, 15) is 16.8 Å². The van der Waals surface area contributed by atoms with Crippen molar-refractivity contribution in [2.45, 2.75) is 69.1 Å². The molecule has 2 aliphatic heterocycles. The lowest BCUT2D eigenvalue weighted by Gasteiger charge is -2.32. The second kappa shape index (κ2) is 11.2. The number of nitrogens with one attached hydrogen (secondary N) is 2. The van der Waals surface area contributed by atoms with Gasteiger partial charge >= 0.3 is 0 Å². The minimum atomic E-state index is -3.53. The van der Waals surface area contributed by atoms with Crippen LogP contribution in [0, 0.1) is 6.92 Å². The summed E-state index contributed by atoms with van der Waals surface area (Å²) < 4.78 is 57.6. The molecule has 1 atom stereocenters. The van der Waals surface area contributed by atoms with E-state index in [2.05, 4.69) is 32.5 Å². The molecule has 0 bridgehead atoms. The van der Waals surface area contributed by atoms with Crippen molar-refractivity contribution < 1.29 is 21.6 Å². The van der Waals surface area contributed by atoms with Crippen molar-refractivity contribution in [3.05, 3.63) is 53.3 Å². The number of hydrogen-bond acceptors (Lipinski definition) is 10. The highest BCUT2D eigenvalue weighted by molar-refractivity contribution is 7.92. The first kappa shape index (κ1) is 29.2. The molecule has 13 heteroatoms. The van der Waals surface area contributed by atoms with E-state index in [0.717, 1.165) is 41.8 Å². The molecule has 0 amide bonds. The van der Waals surface area contributed by atoms with E-state index in [1.807, 2.05) is 13.0 Å². The Morgan fingerprint density at radius 2 is 1.63 bits per heavy atom. The van der Waals surface area contributed by atoms with Crippen molar-refractivity contribution in [2.75, 3.05) is 30.0 Å². The van der Waals surface area contributed by atoms with E-state index in [0.29, 0.717) is 18.8 Å². The third-order valence-corrected chi connectivity index (χ3v) is 11.2. The fourth-order valence-corrected chi connectivity index (χ4v) is 7.69. The van der Waals surface area contributed by atoms with Crippen LogP contribution in [0.15, 0.2) is 41.6 Å². The fraction of sp³-hybridized carbons (Fsp3) is 0.464. The van der Waals surface area contributed by atoms with Crippen LogP contribution in [0.5, 0.6) is 5.75 Å². The van der Waals surface area contributed by atoms with Gasteiger partial charge in [0, 0.05) is 25.1 Å². The van der Waals surface area contributed by atoms with Crippen molar-refractivity contribution in [1.82, 2.24) is 19.3 Å². The van der Waals surface area contributed by atoms with Gasteiger partial charge in [0.25, 0.3) is 0 Å². The number of hydrogen-bond donors (Lipinski definition) is 2. The number of para-hydroxylation sites is 1. The summed E-state index contributed by atoms with van der Waals surface area (Å²) in [6, 6.07) is 8.70. The maximum atomic E-state index is 12.9. The summed E-state index contributed by atoms with van der Waals surface area (Å²) in [7, 11) is -6.72. The SMILES string of the molecule is Cc1cc(Nc2ncnc(Nc3ccccc3S(=O)(=O)C(C)C)n2)c2c(c1C1CCN(S(C)(=O)=O)CC1)C[C@@H](C)O2. The Labute approximate surface area is 241 Å². The van der Waals surface area contributed by atoms with Gasteiger partial charge in [0.15, 0.2) is 9.84 Å². The molecule has 1 aromatic heterocycles. The van der Waals surface area contributed by atoms with E-state index in [1.165, 1.54) is 18.1 Å². The number of ether oxygens (including phenoxy) is 1. The summed E-state index contributed by atoms with van der Waals surface area (Å²) in [5.41, 5.74) is 4.60. The molecule has 5 rings (SSSR count). The molecule has 11 nitrogen and oxygen atoms in total. The van der Waals surface area contributed by atoms with Crippen LogP contribution in [0.2, 0.25) is 0 Å². The summed E-state index contributed by atoms with van der Waals surface area (Å²) in [4.78, 5) is 13.2. The molecule has 3 aromatic rings. The van der Waals surface area contributed by atoms with Crippen molar-refractivity contribution in [3.8, 4) is 5.75 Å². The monoisotopic (exact) mass is 600 g/mol. The number of sulfone groups is 1. The van der Waals surface area contributed by atoms with Crippen molar-refractivity contribution in [3.63, 3.8) is 0 Å². The number of benzene rings is 2. The van der Waals surface area contributed by atoms with Crippen LogP contribution in [0.1, 0.15) is 56.2 Å². The fourth-order valence-electron chi connectivity index (χ4n) is 5.62. The second-order valence-corrected chi connectivity index (χ2v) is 15.5. The Morgan fingerprint density at radius 3 is 2.27 bits per heavy atom. The number of aromatic nitrogens is 3. The maximum absolute atomic E-state index is 12.9. The highest BCUT2D eigenvalue weighted by Gasteiger charge is 2.33. The molecule has 0 saturated carbocycles. The number of anilines is 4. The normalized spacial score (nSPS) is 18.2. The molecule has 2 aromatic carbocycles. The first-order valence-electron chi connectivity index (χ1n) is 13.7.